The molecule has 0 amide bonds. The standard InChI is InChI=1S/C19H30O4S/c1-11(19(9-17(2,3)4)10-18(19,5)6)22-15-12-7-13-14(8-12)24(20,21)23-16(13)15/h12-16H,1,7-10H2,2-6H3. The van der Waals surface area contributed by atoms with Crippen LogP contribution in [-0.4, -0.2) is 25.9 Å². The van der Waals surface area contributed by atoms with Gasteiger partial charge in [0.1, 0.15) is 12.2 Å². The summed E-state index contributed by atoms with van der Waals surface area (Å²) in [5.74, 6) is 1.28. The number of allylic oxidation sites excluding steroid dienone is 1. The van der Waals surface area contributed by atoms with Crippen LogP contribution < -0.4 is 0 Å². The molecule has 0 radical (unpaired) electrons. The Labute approximate surface area is 146 Å². The number of rotatable bonds is 4. The molecular formula is C19H30O4S. The zero-order chi connectivity index (χ0) is 17.7. The Hall–Kier alpha value is -0.550. The Kier molecular flexibility index (Phi) is 3.23. The molecule has 4 fully saturated rings. The van der Waals surface area contributed by atoms with Crippen LogP contribution in [0, 0.1) is 28.1 Å². The average Bonchev–Trinajstić information content (AvgIpc) is 2.76. The Balaban J connectivity index is 1.53. The van der Waals surface area contributed by atoms with Gasteiger partial charge in [-0.1, -0.05) is 41.2 Å². The van der Waals surface area contributed by atoms with E-state index in [-0.39, 0.29) is 39.6 Å². The van der Waals surface area contributed by atoms with Gasteiger partial charge < -0.3 is 4.74 Å². The molecule has 5 heteroatoms. The molecule has 4 rings (SSSR count). The molecule has 0 N–H and O–H groups in total. The summed E-state index contributed by atoms with van der Waals surface area (Å²) in [6.45, 7) is 15.6. The predicted molar refractivity (Wildman–Crippen MR) is 92.7 cm³/mol. The summed E-state index contributed by atoms with van der Waals surface area (Å²) in [5, 5.41) is -0.290. The highest BCUT2D eigenvalue weighted by Crippen LogP contribution is 2.72. The van der Waals surface area contributed by atoms with Crippen LogP contribution in [-0.2, 0) is 19.0 Å². The van der Waals surface area contributed by atoms with Crippen molar-refractivity contribution in [1.29, 1.82) is 0 Å². The largest absolute Gasteiger partial charge is 0.492 e. The molecule has 0 aromatic rings. The van der Waals surface area contributed by atoms with Crippen molar-refractivity contribution >= 4 is 10.1 Å². The summed E-state index contributed by atoms with van der Waals surface area (Å²) < 4.78 is 36.0. The van der Waals surface area contributed by atoms with Crippen molar-refractivity contribution in [2.45, 2.75) is 77.8 Å². The lowest BCUT2D eigenvalue weighted by Crippen LogP contribution is -2.37. The van der Waals surface area contributed by atoms with E-state index in [0.29, 0.717) is 12.3 Å². The second-order valence-corrected chi connectivity index (χ2v) is 12.2. The number of ether oxygens (including phenoxy) is 1. The fourth-order valence-electron chi connectivity index (χ4n) is 5.81. The van der Waals surface area contributed by atoms with E-state index >= 15 is 0 Å². The maximum absolute atomic E-state index is 12.1. The summed E-state index contributed by atoms with van der Waals surface area (Å²) in [6.07, 6.45) is 3.31. The first-order chi connectivity index (χ1) is 10.9. The first-order valence-corrected chi connectivity index (χ1v) is 10.6. The highest BCUT2D eigenvalue weighted by atomic mass is 32.2. The van der Waals surface area contributed by atoms with Gasteiger partial charge in [-0.2, -0.15) is 8.42 Å². The van der Waals surface area contributed by atoms with E-state index in [1.807, 2.05) is 0 Å². The summed E-state index contributed by atoms with van der Waals surface area (Å²) in [7, 11) is -3.38. The van der Waals surface area contributed by atoms with Crippen molar-refractivity contribution < 1.29 is 17.3 Å². The first-order valence-electron chi connectivity index (χ1n) is 9.15. The van der Waals surface area contributed by atoms with Crippen LogP contribution in [0.4, 0.5) is 0 Å². The van der Waals surface area contributed by atoms with Crippen molar-refractivity contribution in [3.63, 3.8) is 0 Å². The molecule has 6 atom stereocenters. The molecule has 1 saturated heterocycles. The fraction of sp³-hybridized carbons (Fsp3) is 0.895. The van der Waals surface area contributed by atoms with E-state index < -0.39 is 10.1 Å². The second kappa shape index (κ2) is 4.59. The Morgan fingerprint density at radius 3 is 2.46 bits per heavy atom. The van der Waals surface area contributed by atoms with Crippen LogP contribution >= 0.6 is 0 Å². The molecule has 136 valence electrons. The molecule has 0 spiro atoms. The first kappa shape index (κ1) is 16.9. The quantitative estimate of drug-likeness (QED) is 0.568. The molecular weight excluding hydrogens is 324 g/mol. The summed E-state index contributed by atoms with van der Waals surface area (Å²) in [6, 6.07) is 0. The van der Waals surface area contributed by atoms with Gasteiger partial charge in [-0.15, -0.1) is 0 Å². The molecule has 3 aliphatic carbocycles. The predicted octanol–water partition coefficient (Wildman–Crippen LogP) is 3.87. The van der Waals surface area contributed by atoms with Crippen LogP contribution in [0.3, 0.4) is 0 Å². The normalized spacial score (nSPS) is 47.0. The van der Waals surface area contributed by atoms with Gasteiger partial charge in [0.2, 0.25) is 0 Å². The topological polar surface area (TPSA) is 52.6 Å². The highest BCUT2D eigenvalue weighted by Gasteiger charge is 2.68. The molecule has 4 aliphatic rings. The average molecular weight is 355 g/mol. The van der Waals surface area contributed by atoms with Crippen molar-refractivity contribution in [2.24, 2.45) is 28.1 Å². The van der Waals surface area contributed by atoms with Gasteiger partial charge in [-0.3, -0.25) is 4.18 Å². The molecule has 2 bridgehead atoms. The van der Waals surface area contributed by atoms with Crippen LogP contribution in [0.25, 0.3) is 0 Å². The lowest BCUT2D eigenvalue weighted by Gasteiger charge is -2.34. The van der Waals surface area contributed by atoms with Crippen molar-refractivity contribution in [3.05, 3.63) is 12.3 Å². The Bertz CT molecular complexity index is 687. The number of hydrogen-bond donors (Lipinski definition) is 0. The van der Waals surface area contributed by atoms with Gasteiger partial charge >= 0.3 is 0 Å². The molecule has 4 nitrogen and oxygen atoms in total. The van der Waals surface area contributed by atoms with Gasteiger partial charge in [0, 0.05) is 17.3 Å². The van der Waals surface area contributed by atoms with Crippen LogP contribution in [0.15, 0.2) is 12.3 Å². The minimum Gasteiger partial charge on any atom is -0.492 e. The number of hydrogen-bond acceptors (Lipinski definition) is 4. The molecule has 6 unspecified atom stereocenters. The molecule has 0 aromatic carbocycles. The minimum absolute atomic E-state index is 0.00393. The molecule has 3 saturated carbocycles. The summed E-state index contributed by atoms with van der Waals surface area (Å²) in [4.78, 5) is 0. The highest BCUT2D eigenvalue weighted by molar-refractivity contribution is 7.87. The summed E-state index contributed by atoms with van der Waals surface area (Å²) >= 11 is 0. The zero-order valence-corrected chi connectivity index (χ0v) is 16.3. The van der Waals surface area contributed by atoms with Gasteiger partial charge in [0.25, 0.3) is 10.1 Å². The van der Waals surface area contributed by atoms with Crippen molar-refractivity contribution in [2.75, 3.05) is 0 Å². The molecule has 1 aliphatic heterocycles. The monoisotopic (exact) mass is 354 g/mol. The van der Waals surface area contributed by atoms with E-state index in [4.69, 9.17) is 8.92 Å². The molecule has 0 aromatic heterocycles. The lowest BCUT2D eigenvalue weighted by atomic mass is 9.78. The molecule has 24 heavy (non-hydrogen) atoms. The minimum atomic E-state index is -3.38. The number of fused-ring (bicyclic) bond motifs is 1. The Morgan fingerprint density at radius 2 is 1.92 bits per heavy atom. The van der Waals surface area contributed by atoms with E-state index in [2.05, 4.69) is 41.2 Å². The van der Waals surface area contributed by atoms with Gasteiger partial charge in [-0.05, 0) is 36.5 Å². The second-order valence-electron chi connectivity index (χ2n) is 10.4. The third-order valence-corrected chi connectivity index (χ3v) is 8.75. The SMILES string of the molecule is C=C(OC1C2CC3C1OS(=O)(=O)C3C2)C1(CC(C)(C)C)CC1(C)C. The fourth-order valence-corrected chi connectivity index (χ4v) is 7.69. The van der Waals surface area contributed by atoms with E-state index in [0.717, 1.165) is 25.0 Å². The van der Waals surface area contributed by atoms with Gasteiger partial charge in [0.05, 0.1) is 11.0 Å². The molecule has 1 heterocycles. The lowest BCUT2D eigenvalue weighted by molar-refractivity contribution is -0.0210. The van der Waals surface area contributed by atoms with Crippen molar-refractivity contribution in [3.8, 4) is 0 Å². The van der Waals surface area contributed by atoms with Crippen LogP contribution in [0.1, 0.15) is 60.3 Å². The smallest absolute Gasteiger partial charge is 0.271 e. The third-order valence-electron chi connectivity index (χ3n) is 6.97. The maximum Gasteiger partial charge on any atom is 0.271 e. The summed E-state index contributed by atoms with van der Waals surface area (Å²) in [5.41, 5.74) is 0.400. The maximum atomic E-state index is 12.1. The zero-order valence-electron chi connectivity index (χ0n) is 15.5. The van der Waals surface area contributed by atoms with E-state index in [1.165, 1.54) is 0 Å². The van der Waals surface area contributed by atoms with Gasteiger partial charge in [0.15, 0.2) is 0 Å². The van der Waals surface area contributed by atoms with Gasteiger partial charge in [-0.25, -0.2) is 0 Å². The van der Waals surface area contributed by atoms with Crippen molar-refractivity contribution in [1.82, 2.24) is 0 Å². The van der Waals surface area contributed by atoms with Crippen LogP contribution in [0.2, 0.25) is 0 Å². The van der Waals surface area contributed by atoms with Crippen LogP contribution in [0.5, 0.6) is 0 Å². The third kappa shape index (κ3) is 2.23. The van der Waals surface area contributed by atoms with E-state index in [9.17, 15) is 8.42 Å². The van der Waals surface area contributed by atoms with E-state index in [1.54, 1.807) is 0 Å². The Morgan fingerprint density at radius 1 is 1.29 bits per heavy atom.